The molecule has 0 atom stereocenters. The Labute approximate surface area is 284 Å². The molecule has 0 fully saturated rings. The Morgan fingerprint density at radius 2 is 1.15 bits per heavy atom. The van der Waals surface area contributed by atoms with E-state index in [4.69, 9.17) is 34.7 Å². The zero-order valence-corrected chi connectivity index (χ0v) is 25.9. The molecule has 7 N–H and O–H groups in total. The predicted octanol–water partition coefficient (Wildman–Crippen LogP) is 7.37. The standard InChI is InChI=1S/C16H11ClN6.C9H8N4.C7H6ClN3.CH4/c17-11-7-10(8-14-15(11)21-9-20-14)22-16-19-6-4-13(23-16)12-3-1-2-5-18-12;10-9-12-6-4-8(13-9)7-3-1-2-5-11-7;8-5-1-4(9)2-6-7(5)11-3-10-6;/h1-9H,(H,20,21)(H,19,22,23);1-6H,(H2,10,12,13);1-3H,9H2,(H,10,11);1H4. The number of nitrogens with one attached hydrogen (secondary N) is 3. The van der Waals surface area contributed by atoms with E-state index in [1.807, 2.05) is 48.5 Å². The molecule has 0 aliphatic heterocycles. The molecule has 13 nitrogen and oxygen atoms in total. The number of imidazole rings is 2. The summed E-state index contributed by atoms with van der Waals surface area (Å²) in [6.07, 6.45) is 9.96. The highest BCUT2D eigenvalue weighted by atomic mass is 35.5. The van der Waals surface area contributed by atoms with E-state index in [-0.39, 0.29) is 13.4 Å². The minimum atomic E-state index is 0. The summed E-state index contributed by atoms with van der Waals surface area (Å²) in [5.41, 5.74) is 18.7. The number of aromatic amines is 2. The van der Waals surface area contributed by atoms with Gasteiger partial charge in [-0.25, -0.2) is 29.9 Å². The van der Waals surface area contributed by atoms with Crippen LogP contribution in [0.2, 0.25) is 10.0 Å². The van der Waals surface area contributed by atoms with Crippen molar-refractivity contribution in [2.75, 3.05) is 16.8 Å². The van der Waals surface area contributed by atoms with Crippen molar-refractivity contribution in [1.82, 2.24) is 49.8 Å². The number of nitrogens with zero attached hydrogens (tertiary/aromatic N) is 8. The monoisotopic (exact) mass is 677 g/mol. The fourth-order valence-corrected chi connectivity index (χ4v) is 4.89. The van der Waals surface area contributed by atoms with Crippen LogP contribution in [-0.4, -0.2) is 49.8 Å². The zero-order valence-electron chi connectivity index (χ0n) is 24.4. The van der Waals surface area contributed by atoms with Gasteiger partial charge in [-0.2, -0.15) is 0 Å². The molecule has 0 bridgehead atoms. The first-order valence-electron chi connectivity index (χ1n) is 13.9. The number of halogens is 2. The van der Waals surface area contributed by atoms with Crippen molar-refractivity contribution >= 4 is 68.5 Å². The van der Waals surface area contributed by atoms with E-state index in [2.05, 4.69) is 55.2 Å². The molecule has 0 saturated heterocycles. The summed E-state index contributed by atoms with van der Waals surface area (Å²) < 4.78 is 0. The maximum atomic E-state index is 6.22. The van der Waals surface area contributed by atoms with Crippen LogP contribution in [0.3, 0.4) is 0 Å². The van der Waals surface area contributed by atoms with Gasteiger partial charge in [0.05, 0.1) is 56.5 Å². The second-order valence-corrected chi connectivity index (χ2v) is 10.5. The summed E-state index contributed by atoms with van der Waals surface area (Å²) in [5, 5.41) is 4.30. The molecule has 0 radical (unpaired) electrons. The first-order chi connectivity index (χ1) is 22.9. The van der Waals surface area contributed by atoms with E-state index in [0.29, 0.717) is 21.7 Å². The van der Waals surface area contributed by atoms with Gasteiger partial charge in [0.1, 0.15) is 11.0 Å². The van der Waals surface area contributed by atoms with Crippen LogP contribution in [0.4, 0.5) is 23.3 Å². The molecule has 0 aliphatic carbocycles. The molecule has 0 spiro atoms. The van der Waals surface area contributed by atoms with Crippen LogP contribution in [0, 0.1) is 0 Å². The Kier molecular flexibility index (Phi) is 10.7. The molecule has 2 aromatic carbocycles. The number of aromatic nitrogens is 10. The average molecular weight is 679 g/mol. The number of H-pyrrole nitrogens is 2. The Bertz CT molecular complexity index is 2240. The van der Waals surface area contributed by atoms with E-state index in [9.17, 15) is 0 Å². The smallest absolute Gasteiger partial charge is 0.227 e. The lowest BCUT2D eigenvalue weighted by Crippen LogP contribution is -1.98. The fraction of sp³-hybridized carbons (Fsp3) is 0.0303. The predicted molar refractivity (Wildman–Crippen MR) is 192 cm³/mol. The number of hydrogen-bond acceptors (Lipinski definition) is 11. The Balaban J connectivity index is 0.000000153. The van der Waals surface area contributed by atoms with E-state index in [0.717, 1.165) is 50.5 Å². The largest absolute Gasteiger partial charge is 0.399 e. The maximum absolute atomic E-state index is 6.22. The number of hydrogen-bond donors (Lipinski definition) is 5. The second kappa shape index (κ2) is 15.4. The first-order valence-corrected chi connectivity index (χ1v) is 14.7. The summed E-state index contributed by atoms with van der Waals surface area (Å²) in [4.78, 5) is 39.2. The molecule has 0 amide bonds. The SMILES string of the molecule is C.Clc1cc(Nc2nccc(-c3ccccn3)n2)cc2[nH]cnc12.Nc1cc(Cl)c2nc[nH]c2c1.Nc1nccc(-c2ccccn2)n1. The molecule has 8 rings (SSSR count). The lowest BCUT2D eigenvalue weighted by molar-refractivity contribution is 1.15. The molecule has 0 aliphatic rings. The Morgan fingerprint density at radius 1 is 0.562 bits per heavy atom. The minimum absolute atomic E-state index is 0. The van der Waals surface area contributed by atoms with Gasteiger partial charge in [-0.1, -0.05) is 42.8 Å². The van der Waals surface area contributed by atoms with Gasteiger partial charge in [-0.3, -0.25) is 9.97 Å². The molecule has 6 heterocycles. The number of benzene rings is 2. The molecular formula is C33H29Cl2N13. The molecule has 8 aromatic rings. The number of rotatable bonds is 4. The van der Waals surface area contributed by atoms with Crippen LogP contribution >= 0.6 is 23.2 Å². The van der Waals surface area contributed by atoms with E-state index < -0.39 is 0 Å². The number of anilines is 4. The maximum Gasteiger partial charge on any atom is 0.227 e. The average Bonchev–Trinajstić information content (AvgIpc) is 3.77. The highest BCUT2D eigenvalue weighted by Gasteiger charge is 2.08. The lowest BCUT2D eigenvalue weighted by Gasteiger charge is -2.07. The van der Waals surface area contributed by atoms with Crippen molar-refractivity contribution < 1.29 is 0 Å². The van der Waals surface area contributed by atoms with Crippen molar-refractivity contribution in [3.05, 3.63) is 120 Å². The van der Waals surface area contributed by atoms with Crippen LogP contribution in [0.15, 0.2) is 110 Å². The molecule has 0 saturated carbocycles. The van der Waals surface area contributed by atoms with E-state index >= 15 is 0 Å². The van der Waals surface area contributed by atoms with Gasteiger partial charge in [0.15, 0.2) is 0 Å². The summed E-state index contributed by atoms with van der Waals surface area (Å²) in [6.45, 7) is 0. The van der Waals surface area contributed by atoms with Gasteiger partial charge in [-0.05, 0) is 60.7 Å². The third-order valence-corrected chi connectivity index (χ3v) is 6.99. The molecular weight excluding hydrogens is 649 g/mol. The van der Waals surface area contributed by atoms with Gasteiger partial charge < -0.3 is 26.8 Å². The van der Waals surface area contributed by atoms with Crippen LogP contribution in [-0.2, 0) is 0 Å². The van der Waals surface area contributed by atoms with Crippen LogP contribution in [0.5, 0.6) is 0 Å². The highest BCUT2D eigenvalue weighted by Crippen LogP contribution is 2.27. The van der Waals surface area contributed by atoms with Gasteiger partial charge in [0.25, 0.3) is 0 Å². The third kappa shape index (κ3) is 8.15. The van der Waals surface area contributed by atoms with E-state index in [1.165, 1.54) is 0 Å². The Morgan fingerprint density at radius 3 is 1.75 bits per heavy atom. The third-order valence-electron chi connectivity index (χ3n) is 6.42. The highest BCUT2D eigenvalue weighted by molar-refractivity contribution is 6.35. The zero-order chi connectivity index (χ0) is 32.6. The number of nitrogens with two attached hydrogens (primary N) is 2. The molecule has 240 valence electrons. The van der Waals surface area contributed by atoms with E-state index in [1.54, 1.807) is 61.7 Å². The normalized spacial score (nSPS) is 10.3. The van der Waals surface area contributed by atoms with Gasteiger partial charge in [0, 0.05) is 36.2 Å². The van der Waals surface area contributed by atoms with Crippen molar-refractivity contribution in [3.8, 4) is 22.8 Å². The summed E-state index contributed by atoms with van der Waals surface area (Å²) in [7, 11) is 0. The molecule has 15 heteroatoms. The summed E-state index contributed by atoms with van der Waals surface area (Å²) in [6, 6.07) is 22.1. The van der Waals surface area contributed by atoms with Gasteiger partial charge in [-0.15, -0.1) is 0 Å². The lowest BCUT2D eigenvalue weighted by atomic mass is 10.2. The van der Waals surface area contributed by atoms with Crippen molar-refractivity contribution in [3.63, 3.8) is 0 Å². The number of nitrogen functional groups attached to an aromatic ring is 2. The fourth-order valence-electron chi connectivity index (χ4n) is 4.34. The second-order valence-electron chi connectivity index (χ2n) is 9.68. The first kappa shape index (κ1) is 33.2. The summed E-state index contributed by atoms with van der Waals surface area (Å²) >= 11 is 12.1. The number of pyridine rings is 2. The number of fused-ring (bicyclic) bond motifs is 2. The van der Waals surface area contributed by atoms with Crippen molar-refractivity contribution in [1.29, 1.82) is 0 Å². The van der Waals surface area contributed by atoms with Gasteiger partial charge in [0.2, 0.25) is 11.9 Å². The molecule has 0 unspecified atom stereocenters. The van der Waals surface area contributed by atoms with Crippen LogP contribution in [0.25, 0.3) is 44.8 Å². The molecule has 48 heavy (non-hydrogen) atoms. The minimum Gasteiger partial charge on any atom is -0.399 e. The van der Waals surface area contributed by atoms with Gasteiger partial charge >= 0.3 is 0 Å². The quantitative estimate of drug-likeness (QED) is 0.116. The topological polar surface area (TPSA) is 199 Å². The Hall–Kier alpha value is -6.18. The van der Waals surface area contributed by atoms with Crippen LogP contribution in [0.1, 0.15) is 7.43 Å². The summed E-state index contributed by atoms with van der Waals surface area (Å²) in [5.74, 6) is 0.742. The van der Waals surface area contributed by atoms with Crippen LogP contribution < -0.4 is 16.8 Å². The molecule has 6 aromatic heterocycles. The van der Waals surface area contributed by atoms with Crippen molar-refractivity contribution in [2.45, 2.75) is 7.43 Å². The van der Waals surface area contributed by atoms with Crippen molar-refractivity contribution in [2.24, 2.45) is 0 Å².